The summed E-state index contributed by atoms with van der Waals surface area (Å²) < 4.78 is 21.6. The molecule has 29 heavy (non-hydrogen) atoms. The summed E-state index contributed by atoms with van der Waals surface area (Å²) in [5.41, 5.74) is 1.95. The van der Waals surface area contributed by atoms with Crippen molar-refractivity contribution in [1.82, 2.24) is 10.6 Å². The maximum atomic E-state index is 5.50. The van der Waals surface area contributed by atoms with E-state index in [-0.39, 0.29) is 24.0 Å². The van der Waals surface area contributed by atoms with Gasteiger partial charge in [-0.3, -0.25) is 0 Å². The fourth-order valence-corrected chi connectivity index (χ4v) is 2.71. The number of halogens is 1. The second-order valence-electron chi connectivity index (χ2n) is 5.91. The van der Waals surface area contributed by atoms with Gasteiger partial charge < -0.3 is 29.6 Å². The van der Waals surface area contributed by atoms with Crippen LogP contribution in [0.25, 0.3) is 0 Å². The van der Waals surface area contributed by atoms with Crippen molar-refractivity contribution in [2.45, 2.75) is 20.0 Å². The molecule has 0 aromatic heterocycles. The molecular weight excluding hydrogens is 485 g/mol. The standard InChI is InChI=1S/C21H29N3O4.HI/c1-6-22-21(23-13-15-8-7-9-16(10-15)25-2)24-14-18-19(27-4)11-17(26-3)12-20(18)28-5;/h7-12H,6,13-14H2,1-5H3,(H2,22,23,24);1H. The molecule has 0 aliphatic rings. The first kappa shape index (κ1) is 24.7. The van der Waals surface area contributed by atoms with Gasteiger partial charge in [-0.25, -0.2) is 4.99 Å². The smallest absolute Gasteiger partial charge is 0.191 e. The lowest BCUT2D eigenvalue weighted by Gasteiger charge is -2.17. The molecular formula is C21H30IN3O4. The van der Waals surface area contributed by atoms with Crippen molar-refractivity contribution in [3.8, 4) is 23.0 Å². The highest BCUT2D eigenvalue weighted by molar-refractivity contribution is 14.0. The maximum absolute atomic E-state index is 5.50. The van der Waals surface area contributed by atoms with Crippen LogP contribution in [-0.2, 0) is 13.1 Å². The van der Waals surface area contributed by atoms with Crippen LogP contribution in [0.3, 0.4) is 0 Å². The van der Waals surface area contributed by atoms with E-state index in [0.717, 1.165) is 23.4 Å². The summed E-state index contributed by atoms with van der Waals surface area (Å²) in [5, 5.41) is 6.58. The fourth-order valence-electron chi connectivity index (χ4n) is 2.71. The Bertz CT molecular complexity index is 774. The van der Waals surface area contributed by atoms with Crippen LogP contribution in [0.15, 0.2) is 41.4 Å². The first-order chi connectivity index (χ1) is 13.6. The highest BCUT2D eigenvalue weighted by atomic mass is 127. The number of methoxy groups -OCH3 is 4. The zero-order valence-corrected chi connectivity index (χ0v) is 19.9. The van der Waals surface area contributed by atoms with Gasteiger partial charge in [0.1, 0.15) is 23.0 Å². The van der Waals surface area contributed by atoms with Crippen molar-refractivity contribution in [3.63, 3.8) is 0 Å². The number of hydrogen-bond donors (Lipinski definition) is 2. The molecule has 2 aromatic carbocycles. The summed E-state index contributed by atoms with van der Waals surface area (Å²) in [6.07, 6.45) is 0. The van der Waals surface area contributed by atoms with E-state index in [9.17, 15) is 0 Å². The average molecular weight is 515 g/mol. The first-order valence-electron chi connectivity index (χ1n) is 9.09. The minimum atomic E-state index is 0. The molecule has 0 aliphatic heterocycles. The molecule has 0 saturated heterocycles. The van der Waals surface area contributed by atoms with E-state index in [0.29, 0.717) is 36.3 Å². The largest absolute Gasteiger partial charge is 0.497 e. The number of nitrogens with one attached hydrogen (secondary N) is 2. The molecule has 8 heteroatoms. The lowest BCUT2D eigenvalue weighted by atomic mass is 10.1. The minimum Gasteiger partial charge on any atom is -0.497 e. The van der Waals surface area contributed by atoms with Crippen LogP contribution in [0.4, 0.5) is 0 Å². The van der Waals surface area contributed by atoms with Gasteiger partial charge >= 0.3 is 0 Å². The zero-order valence-electron chi connectivity index (χ0n) is 17.6. The Labute approximate surface area is 189 Å². The topological polar surface area (TPSA) is 73.3 Å². The fraction of sp³-hybridized carbons (Fsp3) is 0.381. The Morgan fingerprint density at radius 3 is 2.07 bits per heavy atom. The SMILES string of the molecule is CCNC(=NCc1cccc(OC)c1)NCc1c(OC)cc(OC)cc1OC.I. The molecule has 0 atom stereocenters. The summed E-state index contributed by atoms with van der Waals surface area (Å²) in [4.78, 5) is 4.65. The molecule has 0 aliphatic carbocycles. The van der Waals surface area contributed by atoms with Gasteiger partial charge in [0, 0.05) is 18.7 Å². The summed E-state index contributed by atoms with van der Waals surface area (Å²) in [6, 6.07) is 11.5. The molecule has 2 aromatic rings. The molecule has 7 nitrogen and oxygen atoms in total. The molecule has 160 valence electrons. The number of guanidine groups is 1. The van der Waals surface area contributed by atoms with Gasteiger partial charge in [-0.2, -0.15) is 0 Å². The Morgan fingerprint density at radius 1 is 0.862 bits per heavy atom. The zero-order chi connectivity index (χ0) is 20.4. The van der Waals surface area contributed by atoms with Crippen molar-refractivity contribution in [3.05, 3.63) is 47.5 Å². The summed E-state index contributed by atoms with van der Waals surface area (Å²) in [6.45, 7) is 3.79. The molecule has 0 radical (unpaired) electrons. The molecule has 2 N–H and O–H groups in total. The van der Waals surface area contributed by atoms with Crippen LogP contribution in [0.2, 0.25) is 0 Å². The predicted molar refractivity (Wildman–Crippen MR) is 126 cm³/mol. The van der Waals surface area contributed by atoms with Crippen LogP contribution in [0.1, 0.15) is 18.1 Å². The maximum Gasteiger partial charge on any atom is 0.191 e. The lowest BCUT2D eigenvalue weighted by molar-refractivity contribution is 0.368. The molecule has 0 heterocycles. The monoisotopic (exact) mass is 515 g/mol. The van der Waals surface area contributed by atoms with Gasteiger partial charge in [-0.05, 0) is 24.6 Å². The van der Waals surface area contributed by atoms with E-state index in [1.165, 1.54) is 0 Å². The average Bonchev–Trinajstić information content (AvgIpc) is 2.75. The third kappa shape index (κ3) is 7.19. The second kappa shape index (κ2) is 13.0. The molecule has 0 fully saturated rings. The normalized spacial score (nSPS) is 10.6. The Balaban J connectivity index is 0.00000420. The van der Waals surface area contributed by atoms with Gasteiger partial charge in [0.15, 0.2) is 5.96 Å². The summed E-state index contributed by atoms with van der Waals surface area (Å²) >= 11 is 0. The van der Waals surface area contributed by atoms with Crippen molar-refractivity contribution in [2.24, 2.45) is 4.99 Å². The van der Waals surface area contributed by atoms with Crippen LogP contribution in [0.5, 0.6) is 23.0 Å². The number of benzene rings is 2. The Kier molecular flexibility index (Phi) is 11.0. The third-order valence-electron chi connectivity index (χ3n) is 4.15. The number of aliphatic imine (C=N–C) groups is 1. The first-order valence-corrected chi connectivity index (χ1v) is 9.09. The number of ether oxygens (including phenoxy) is 4. The summed E-state index contributed by atoms with van der Waals surface area (Å²) in [5.74, 6) is 3.57. The van der Waals surface area contributed by atoms with Crippen LogP contribution in [0, 0.1) is 0 Å². The van der Waals surface area contributed by atoms with Gasteiger partial charge in [-0.1, -0.05) is 12.1 Å². The van der Waals surface area contributed by atoms with Crippen molar-refractivity contribution in [1.29, 1.82) is 0 Å². The molecule has 0 spiro atoms. The molecule has 0 unspecified atom stereocenters. The van der Waals surface area contributed by atoms with Gasteiger partial charge in [0.2, 0.25) is 0 Å². The van der Waals surface area contributed by atoms with E-state index >= 15 is 0 Å². The number of nitrogens with zero attached hydrogens (tertiary/aromatic N) is 1. The van der Waals surface area contributed by atoms with E-state index in [1.807, 2.05) is 43.3 Å². The highest BCUT2D eigenvalue weighted by Gasteiger charge is 2.13. The van der Waals surface area contributed by atoms with Crippen LogP contribution < -0.4 is 29.6 Å². The Morgan fingerprint density at radius 2 is 1.52 bits per heavy atom. The highest BCUT2D eigenvalue weighted by Crippen LogP contribution is 2.33. The van der Waals surface area contributed by atoms with Crippen LogP contribution in [-0.4, -0.2) is 40.9 Å². The molecule has 0 saturated carbocycles. The summed E-state index contributed by atoms with van der Waals surface area (Å²) in [7, 11) is 6.52. The predicted octanol–water partition coefficient (Wildman–Crippen LogP) is 3.59. The van der Waals surface area contributed by atoms with E-state index in [2.05, 4.69) is 15.6 Å². The van der Waals surface area contributed by atoms with Crippen molar-refractivity contribution >= 4 is 29.9 Å². The Hall–Kier alpha value is -2.36. The van der Waals surface area contributed by atoms with Gasteiger partial charge in [0.05, 0.1) is 47.1 Å². The van der Waals surface area contributed by atoms with Crippen molar-refractivity contribution in [2.75, 3.05) is 35.0 Å². The van der Waals surface area contributed by atoms with Gasteiger partial charge in [-0.15, -0.1) is 24.0 Å². The third-order valence-corrected chi connectivity index (χ3v) is 4.15. The quantitative estimate of drug-likeness (QED) is 0.302. The molecule has 0 bridgehead atoms. The van der Waals surface area contributed by atoms with E-state index < -0.39 is 0 Å². The second-order valence-corrected chi connectivity index (χ2v) is 5.91. The van der Waals surface area contributed by atoms with E-state index in [1.54, 1.807) is 28.4 Å². The lowest BCUT2D eigenvalue weighted by Crippen LogP contribution is -2.37. The molecule has 2 rings (SSSR count). The van der Waals surface area contributed by atoms with E-state index in [4.69, 9.17) is 18.9 Å². The number of rotatable bonds is 9. The van der Waals surface area contributed by atoms with Gasteiger partial charge in [0.25, 0.3) is 0 Å². The van der Waals surface area contributed by atoms with Crippen LogP contribution >= 0.6 is 24.0 Å². The molecule has 0 amide bonds. The van der Waals surface area contributed by atoms with Crippen molar-refractivity contribution < 1.29 is 18.9 Å². The number of hydrogen-bond acceptors (Lipinski definition) is 5. The minimum absolute atomic E-state index is 0.